The molecule has 2 aliphatic rings. The number of hydrogen-bond acceptors (Lipinski definition) is 4. The molecule has 0 aromatic heterocycles. The number of carbonyl (C=O) groups is 1. The summed E-state index contributed by atoms with van der Waals surface area (Å²) in [5.74, 6) is 1.33. The fourth-order valence-corrected chi connectivity index (χ4v) is 3.44. The molecule has 0 saturated carbocycles. The Balaban J connectivity index is 1.75. The second-order valence-electron chi connectivity index (χ2n) is 6.35. The Morgan fingerprint density at radius 1 is 1.45 bits per heavy atom. The van der Waals surface area contributed by atoms with Crippen LogP contribution >= 0.6 is 0 Å². The Morgan fingerprint density at radius 3 is 3.00 bits per heavy atom. The number of hydrogen-bond donors (Lipinski definition) is 1. The van der Waals surface area contributed by atoms with Crippen LogP contribution in [0.4, 0.5) is 0 Å². The van der Waals surface area contributed by atoms with Crippen LogP contribution in [-0.2, 0) is 16.1 Å². The highest BCUT2D eigenvalue weighted by Gasteiger charge is 2.43. The molecule has 120 valence electrons. The zero-order valence-corrected chi connectivity index (χ0v) is 13.3. The lowest BCUT2D eigenvalue weighted by molar-refractivity contribution is -0.169. The van der Waals surface area contributed by atoms with E-state index in [0.717, 1.165) is 30.8 Å². The molecule has 0 bridgehead atoms. The van der Waals surface area contributed by atoms with Gasteiger partial charge in [0.2, 0.25) is 5.91 Å². The van der Waals surface area contributed by atoms with Crippen molar-refractivity contribution < 1.29 is 14.3 Å². The van der Waals surface area contributed by atoms with Crippen molar-refractivity contribution in [1.82, 2.24) is 10.2 Å². The monoisotopic (exact) mass is 304 g/mol. The number of morpholine rings is 1. The summed E-state index contributed by atoms with van der Waals surface area (Å²) in [5.41, 5.74) is 0.770. The lowest BCUT2D eigenvalue weighted by Gasteiger charge is -2.43. The van der Waals surface area contributed by atoms with Gasteiger partial charge in [-0.1, -0.05) is 18.2 Å². The zero-order chi connectivity index (χ0) is 15.6. The first-order valence-electron chi connectivity index (χ1n) is 7.87. The van der Waals surface area contributed by atoms with Gasteiger partial charge in [-0.25, -0.2) is 0 Å². The van der Waals surface area contributed by atoms with Crippen molar-refractivity contribution in [2.24, 2.45) is 5.92 Å². The third-order valence-electron chi connectivity index (χ3n) is 4.86. The first-order valence-corrected chi connectivity index (χ1v) is 7.87. The summed E-state index contributed by atoms with van der Waals surface area (Å²) in [5, 5.41) is 3.39. The predicted octanol–water partition coefficient (Wildman–Crippen LogP) is 1.42. The standard InChI is InChI=1S/C17H24N2O3/c1-17(14-7-8-18-9-14)12-19(16(20)11-22-17)10-13-5-3-4-6-15(13)21-2/h3-6,14,18H,7-12H2,1-2H3. The van der Waals surface area contributed by atoms with Crippen LogP contribution in [0.1, 0.15) is 18.9 Å². The smallest absolute Gasteiger partial charge is 0.249 e. The number of nitrogens with one attached hydrogen (secondary N) is 1. The molecule has 1 aromatic rings. The highest BCUT2D eigenvalue weighted by atomic mass is 16.5. The van der Waals surface area contributed by atoms with Gasteiger partial charge in [0, 0.05) is 24.6 Å². The van der Waals surface area contributed by atoms with Crippen molar-refractivity contribution in [2.45, 2.75) is 25.5 Å². The average Bonchev–Trinajstić information content (AvgIpc) is 3.07. The van der Waals surface area contributed by atoms with E-state index >= 15 is 0 Å². The number of rotatable bonds is 4. The maximum absolute atomic E-state index is 12.2. The minimum Gasteiger partial charge on any atom is -0.496 e. The van der Waals surface area contributed by atoms with Gasteiger partial charge in [0.25, 0.3) is 0 Å². The van der Waals surface area contributed by atoms with Gasteiger partial charge in [-0.3, -0.25) is 4.79 Å². The Bertz CT molecular complexity index is 542. The number of ether oxygens (including phenoxy) is 2. The second kappa shape index (κ2) is 6.26. The minimum atomic E-state index is -0.264. The molecule has 2 saturated heterocycles. The van der Waals surface area contributed by atoms with E-state index in [0.29, 0.717) is 19.0 Å². The van der Waals surface area contributed by atoms with Gasteiger partial charge in [0.05, 0.1) is 19.3 Å². The van der Waals surface area contributed by atoms with E-state index in [-0.39, 0.29) is 18.1 Å². The summed E-state index contributed by atoms with van der Waals surface area (Å²) >= 11 is 0. The molecule has 2 fully saturated rings. The summed E-state index contributed by atoms with van der Waals surface area (Å²) in [6, 6.07) is 7.86. The number of methoxy groups -OCH3 is 1. The van der Waals surface area contributed by atoms with Crippen LogP contribution in [-0.4, -0.2) is 49.8 Å². The third kappa shape index (κ3) is 2.96. The number of nitrogens with zero attached hydrogens (tertiary/aromatic N) is 1. The molecular weight excluding hydrogens is 280 g/mol. The molecule has 0 radical (unpaired) electrons. The van der Waals surface area contributed by atoms with Gasteiger partial charge >= 0.3 is 0 Å². The summed E-state index contributed by atoms with van der Waals surface area (Å²) < 4.78 is 11.3. The lowest BCUT2D eigenvalue weighted by Crippen LogP contribution is -2.56. The fraction of sp³-hybridized carbons (Fsp3) is 0.588. The van der Waals surface area contributed by atoms with E-state index in [2.05, 4.69) is 12.2 Å². The molecule has 2 aliphatic heterocycles. The Labute approximate surface area is 131 Å². The molecule has 2 atom stereocenters. The van der Waals surface area contributed by atoms with E-state index in [1.54, 1.807) is 7.11 Å². The molecule has 1 N–H and O–H groups in total. The van der Waals surface area contributed by atoms with Crippen LogP contribution < -0.4 is 10.1 Å². The van der Waals surface area contributed by atoms with E-state index < -0.39 is 0 Å². The Kier molecular flexibility index (Phi) is 4.36. The van der Waals surface area contributed by atoms with Crippen LogP contribution in [0.2, 0.25) is 0 Å². The quantitative estimate of drug-likeness (QED) is 0.914. The normalized spacial score (nSPS) is 28.9. The van der Waals surface area contributed by atoms with Gasteiger partial charge < -0.3 is 19.7 Å². The first kappa shape index (κ1) is 15.3. The maximum Gasteiger partial charge on any atom is 0.249 e. The molecular formula is C17H24N2O3. The number of benzene rings is 1. The molecule has 22 heavy (non-hydrogen) atoms. The second-order valence-corrected chi connectivity index (χ2v) is 6.35. The number of carbonyl (C=O) groups excluding carboxylic acids is 1. The maximum atomic E-state index is 12.2. The van der Waals surface area contributed by atoms with Crippen LogP contribution in [0.15, 0.2) is 24.3 Å². The van der Waals surface area contributed by atoms with Crippen molar-refractivity contribution >= 4 is 5.91 Å². The van der Waals surface area contributed by atoms with Crippen LogP contribution in [0.25, 0.3) is 0 Å². The fourth-order valence-electron chi connectivity index (χ4n) is 3.44. The SMILES string of the molecule is COc1ccccc1CN1CC(C)(C2CCNC2)OCC1=O. The van der Waals surface area contributed by atoms with Crippen LogP contribution in [0.3, 0.4) is 0 Å². The van der Waals surface area contributed by atoms with Gasteiger partial charge in [-0.05, 0) is 26.0 Å². The van der Waals surface area contributed by atoms with Gasteiger partial charge in [-0.2, -0.15) is 0 Å². The average molecular weight is 304 g/mol. The molecule has 1 aromatic carbocycles. The predicted molar refractivity (Wildman–Crippen MR) is 83.7 cm³/mol. The Morgan fingerprint density at radius 2 is 2.27 bits per heavy atom. The topological polar surface area (TPSA) is 50.8 Å². The summed E-state index contributed by atoms with van der Waals surface area (Å²) in [7, 11) is 1.66. The van der Waals surface area contributed by atoms with Crippen LogP contribution in [0, 0.1) is 5.92 Å². The van der Waals surface area contributed by atoms with Crippen molar-refractivity contribution in [3.05, 3.63) is 29.8 Å². The molecule has 5 nitrogen and oxygen atoms in total. The summed E-state index contributed by atoms with van der Waals surface area (Å²) in [6.07, 6.45) is 1.10. The largest absolute Gasteiger partial charge is 0.496 e. The molecule has 0 spiro atoms. The highest BCUT2D eigenvalue weighted by molar-refractivity contribution is 5.78. The minimum absolute atomic E-state index is 0.0503. The van der Waals surface area contributed by atoms with Crippen LogP contribution in [0.5, 0.6) is 5.75 Å². The van der Waals surface area contributed by atoms with E-state index in [4.69, 9.17) is 9.47 Å². The van der Waals surface area contributed by atoms with Crippen molar-refractivity contribution in [3.8, 4) is 5.75 Å². The van der Waals surface area contributed by atoms with E-state index in [9.17, 15) is 4.79 Å². The highest BCUT2D eigenvalue weighted by Crippen LogP contribution is 2.32. The molecule has 1 amide bonds. The van der Waals surface area contributed by atoms with Gasteiger partial charge in [-0.15, -0.1) is 0 Å². The van der Waals surface area contributed by atoms with Crippen molar-refractivity contribution in [3.63, 3.8) is 0 Å². The zero-order valence-electron chi connectivity index (χ0n) is 13.3. The van der Waals surface area contributed by atoms with Crippen molar-refractivity contribution in [2.75, 3.05) is 33.4 Å². The number of para-hydroxylation sites is 1. The first-order chi connectivity index (χ1) is 10.6. The van der Waals surface area contributed by atoms with E-state index in [1.165, 1.54) is 0 Å². The third-order valence-corrected chi connectivity index (χ3v) is 4.86. The summed E-state index contributed by atoms with van der Waals surface area (Å²) in [4.78, 5) is 14.1. The number of amides is 1. The molecule has 3 rings (SSSR count). The van der Waals surface area contributed by atoms with E-state index in [1.807, 2.05) is 29.2 Å². The molecule has 2 heterocycles. The molecule has 2 unspecified atom stereocenters. The van der Waals surface area contributed by atoms with Gasteiger partial charge in [0.15, 0.2) is 0 Å². The van der Waals surface area contributed by atoms with Gasteiger partial charge in [0.1, 0.15) is 12.4 Å². The Hall–Kier alpha value is -1.59. The van der Waals surface area contributed by atoms with Crippen molar-refractivity contribution in [1.29, 1.82) is 0 Å². The lowest BCUT2D eigenvalue weighted by atomic mass is 9.86. The molecule has 0 aliphatic carbocycles. The molecule has 5 heteroatoms. The summed E-state index contributed by atoms with van der Waals surface area (Å²) in [6.45, 7) is 5.50.